The summed E-state index contributed by atoms with van der Waals surface area (Å²) < 4.78 is 10.4. The van der Waals surface area contributed by atoms with E-state index in [9.17, 15) is 14.9 Å². The van der Waals surface area contributed by atoms with Gasteiger partial charge in [0, 0.05) is 19.2 Å². The van der Waals surface area contributed by atoms with Crippen molar-refractivity contribution in [3.8, 4) is 5.75 Å². The second-order valence-corrected chi connectivity index (χ2v) is 4.19. The molecule has 2 N–H and O–H groups in total. The highest BCUT2D eigenvalue weighted by Crippen LogP contribution is 2.29. The highest BCUT2D eigenvalue weighted by molar-refractivity contribution is 5.95. The molecule has 1 aliphatic rings. The molecule has 1 fully saturated rings. The van der Waals surface area contributed by atoms with Gasteiger partial charge in [0.25, 0.3) is 11.6 Å². The van der Waals surface area contributed by atoms with Crippen molar-refractivity contribution in [2.45, 2.75) is 6.10 Å². The number of benzene rings is 1. The zero-order valence-electron chi connectivity index (χ0n) is 10.9. The number of nitro groups is 1. The number of rotatable bonds is 4. The Hall–Kier alpha value is -2.19. The summed E-state index contributed by atoms with van der Waals surface area (Å²) in [4.78, 5) is 22.1. The van der Waals surface area contributed by atoms with Crippen LogP contribution in [0.5, 0.6) is 5.75 Å². The maximum absolute atomic E-state index is 12.0. The van der Waals surface area contributed by atoms with E-state index in [4.69, 9.17) is 9.47 Å². The average Bonchev–Trinajstić information content (AvgIpc) is 2.48. The number of hydrogen-bond donors (Lipinski definition) is 2. The number of methoxy groups -OCH3 is 1. The summed E-state index contributed by atoms with van der Waals surface area (Å²) in [5, 5.41) is 16.4. The lowest BCUT2D eigenvalue weighted by molar-refractivity contribution is -0.384. The first-order valence-electron chi connectivity index (χ1n) is 6.07. The van der Waals surface area contributed by atoms with Crippen molar-refractivity contribution in [2.24, 2.45) is 0 Å². The van der Waals surface area contributed by atoms with Crippen molar-refractivity contribution in [3.63, 3.8) is 0 Å². The van der Waals surface area contributed by atoms with Gasteiger partial charge in [-0.15, -0.1) is 0 Å². The maximum Gasteiger partial charge on any atom is 0.273 e. The fourth-order valence-electron chi connectivity index (χ4n) is 1.84. The normalized spacial score (nSPS) is 18.4. The highest BCUT2D eigenvalue weighted by atomic mass is 16.6. The van der Waals surface area contributed by atoms with E-state index in [0.29, 0.717) is 25.4 Å². The monoisotopic (exact) mass is 281 g/mol. The predicted molar refractivity (Wildman–Crippen MR) is 70.9 cm³/mol. The Morgan fingerprint density at radius 2 is 2.40 bits per heavy atom. The van der Waals surface area contributed by atoms with Gasteiger partial charge in [-0.05, 0) is 6.07 Å². The van der Waals surface area contributed by atoms with Gasteiger partial charge < -0.3 is 20.1 Å². The van der Waals surface area contributed by atoms with Crippen LogP contribution < -0.4 is 15.4 Å². The number of ether oxygens (including phenoxy) is 2. The topological polar surface area (TPSA) is 103 Å². The highest BCUT2D eigenvalue weighted by Gasteiger charge is 2.23. The average molecular weight is 281 g/mol. The SMILES string of the molecule is COc1cc([N+](=O)[O-])ccc1NC(=O)C1CNCCO1. The van der Waals surface area contributed by atoms with Crippen LogP contribution in [0.1, 0.15) is 0 Å². The van der Waals surface area contributed by atoms with E-state index in [1.807, 2.05) is 0 Å². The lowest BCUT2D eigenvalue weighted by Gasteiger charge is -2.23. The number of amides is 1. The number of carbonyl (C=O) groups excluding carboxylic acids is 1. The van der Waals surface area contributed by atoms with Gasteiger partial charge in [0.05, 0.1) is 30.4 Å². The van der Waals surface area contributed by atoms with Gasteiger partial charge in [0.1, 0.15) is 11.9 Å². The van der Waals surface area contributed by atoms with E-state index in [1.54, 1.807) is 0 Å². The number of morpholine rings is 1. The molecule has 1 aliphatic heterocycles. The Balaban J connectivity index is 2.11. The Morgan fingerprint density at radius 1 is 1.60 bits per heavy atom. The van der Waals surface area contributed by atoms with E-state index in [2.05, 4.69) is 10.6 Å². The lowest BCUT2D eigenvalue weighted by Crippen LogP contribution is -2.45. The van der Waals surface area contributed by atoms with E-state index >= 15 is 0 Å². The van der Waals surface area contributed by atoms with Crippen LogP contribution in [0.25, 0.3) is 0 Å². The smallest absolute Gasteiger partial charge is 0.273 e. The van der Waals surface area contributed by atoms with Crippen molar-refractivity contribution in [1.82, 2.24) is 5.32 Å². The van der Waals surface area contributed by atoms with Gasteiger partial charge in [-0.25, -0.2) is 0 Å². The predicted octanol–water partition coefficient (Wildman–Crippen LogP) is 0.530. The first kappa shape index (κ1) is 14.2. The molecule has 8 heteroatoms. The Morgan fingerprint density at radius 3 is 3.00 bits per heavy atom. The third kappa shape index (κ3) is 3.22. The summed E-state index contributed by atoms with van der Waals surface area (Å²) in [5.74, 6) is -0.0827. The molecular formula is C12H15N3O5. The standard InChI is InChI=1S/C12H15N3O5/c1-19-10-6-8(15(17)18)2-3-9(10)14-12(16)11-7-13-4-5-20-11/h2-3,6,11,13H,4-5,7H2,1H3,(H,14,16). The van der Waals surface area contributed by atoms with Crippen molar-refractivity contribution >= 4 is 17.3 Å². The number of nitro benzene ring substituents is 1. The molecule has 108 valence electrons. The number of nitrogens with zero attached hydrogens (tertiary/aromatic N) is 1. The van der Waals surface area contributed by atoms with Crippen LogP contribution in [0.4, 0.5) is 11.4 Å². The van der Waals surface area contributed by atoms with E-state index in [1.165, 1.54) is 25.3 Å². The van der Waals surface area contributed by atoms with E-state index in [0.717, 1.165) is 0 Å². The zero-order chi connectivity index (χ0) is 14.5. The fourth-order valence-corrected chi connectivity index (χ4v) is 1.84. The molecule has 0 aliphatic carbocycles. The van der Waals surface area contributed by atoms with Gasteiger partial charge in [0.15, 0.2) is 0 Å². The molecular weight excluding hydrogens is 266 g/mol. The second kappa shape index (κ2) is 6.31. The summed E-state index contributed by atoms with van der Waals surface area (Å²) >= 11 is 0. The largest absolute Gasteiger partial charge is 0.494 e. The third-order valence-electron chi connectivity index (χ3n) is 2.87. The molecule has 0 spiro atoms. The van der Waals surface area contributed by atoms with Gasteiger partial charge >= 0.3 is 0 Å². The van der Waals surface area contributed by atoms with Crippen LogP contribution in [-0.2, 0) is 9.53 Å². The molecule has 1 atom stereocenters. The molecule has 0 aromatic heterocycles. The molecule has 1 saturated heterocycles. The van der Waals surface area contributed by atoms with Crippen LogP contribution in [0.2, 0.25) is 0 Å². The van der Waals surface area contributed by atoms with Crippen LogP contribution in [0.3, 0.4) is 0 Å². The lowest BCUT2D eigenvalue weighted by atomic mass is 10.2. The summed E-state index contributed by atoms with van der Waals surface area (Å²) in [7, 11) is 1.38. The number of nitrogens with one attached hydrogen (secondary N) is 2. The number of carbonyl (C=O) groups is 1. The minimum atomic E-state index is -0.580. The van der Waals surface area contributed by atoms with Crippen molar-refractivity contribution in [3.05, 3.63) is 28.3 Å². The first-order chi connectivity index (χ1) is 9.61. The molecule has 0 saturated carbocycles. The number of anilines is 1. The number of non-ortho nitro benzene ring substituents is 1. The summed E-state index contributed by atoms with van der Waals surface area (Å²) in [6.07, 6.45) is -0.580. The van der Waals surface area contributed by atoms with Crippen LogP contribution in [0.15, 0.2) is 18.2 Å². The molecule has 2 rings (SSSR count). The minimum absolute atomic E-state index is 0.101. The van der Waals surface area contributed by atoms with Crippen LogP contribution in [-0.4, -0.2) is 43.7 Å². The minimum Gasteiger partial charge on any atom is -0.494 e. The zero-order valence-corrected chi connectivity index (χ0v) is 10.9. The Labute approximate surface area is 115 Å². The second-order valence-electron chi connectivity index (χ2n) is 4.19. The fraction of sp³-hybridized carbons (Fsp3) is 0.417. The van der Waals surface area contributed by atoms with Crippen molar-refractivity contribution < 1.29 is 19.2 Å². The van der Waals surface area contributed by atoms with Crippen molar-refractivity contribution in [1.29, 1.82) is 0 Å². The van der Waals surface area contributed by atoms with E-state index in [-0.39, 0.29) is 17.3 Å². The molecule has 20 heavy (non-hydrogen) atoms. The Bertz CT molecular complexity index is 514. The molecule has 1 unspecified atom stereocenters. The summed E-state index contributed by atoms with van der Waals surface area (Å²) in [6, 6.07) is 4.00. The quantitative estimate of drug-likeness (QED) is 0.616. The first-order valence-corrected chi connectivity index (χ1v) is 6.07. The van der Waals surface area contributed by atoms with Gasteiger partial charge in [0.2, 0.25) is 0 Å². The molecule has 8 nitrogen and oxygen atoms in total. The molecule has 1 amide bonds. The third-order valence-corrected chi connectivity index (χ3v) is 2.87. The van der Waals surface area contributed by atoms with Gasteiger partial charge in [-0.3, -0.25) is 14.9 Å². The molecule has 1 aromatic rings. The van der Waals surface area contributed by atoms with E-state index < -0.39 is 11.0 Å². The molecule has 0 bridgehead atoms. The van der Waals surface area contributed by atoms with Crippen LogP contribution in [0, 0.1) is 10.1 Å². The Kier molecular flexibility index (Phi) is 4.49. The molecule has 1 aromatic carbocycles. The summed E-state index contributed by atoms with van der Waals surface area (Å²) in [6.45, 7) is 1.61. The summed E-state index contributed by atoms with van der Waals surface area (Å²) in [5.41, 5.74) is 0.271. The number of hydrogen-bond acceptors (Lipinski definition) is 6. The molecule has 0 radical (unpaired) electrons. The van der Waals surface area contributed by atoms with Gasteiger partial charge in [-0.1, -0.05) is 0 Å². The maximum atomic E-state index is 12.0. The van der Waals surface area contributed by atoms with Crippen LogP contribution >= 0.6 is 0 Å². The van der Waals surface area contributed by atoms with Crippen molar-refractivity contribution in [2.75, 3.05) is 32.1 Å². The van der Waals surface area contributed by atoms with Gasteiger partial charge in [-0.2, -0.15) is 0 Å². The molecule has 1 heterocycles.